The third kappa shape index (κ3) is 5.89. The number of hydrogen-bond acceptors (Lipinski definition) is 3. The fourth-order valence-corrected chi connectivity index (χ4v) is 2.79. The molecule has 0 aliphatic rings. The maximum Gasteiger partial charge on any atom is 0.220 e. The smallest absolute Gasteiger partial charge is 0.220 e. The van der Waals surface area contributed by atoms with Gasteiger partial charge in [0.05, 0.1) is 0 Å². The molecule has 0 spiro atoms. The van der Waals surface area contributed by atoms with Gasteiger partial charge in [-0.25, -0.2) is 0 Å². The molecule has 1 unspecified atom stereocenters. The van der Waals surface area contributed by atoms with Crippen LogP contribution in [-0.2, 0) is 4.79 Å². The largest absolute Gasteiger partial charge is 0.355 e. The second-order valence-electron chi connectivity index (χ2n) is 4.02. The number of rotatable bonds is 7. The van der Waals surface area contributed by atoms with Gasteiger partial charge in [0, 0.05) is 34.1 Å². The Balaban J connectivity index is 2.22. The van der Waals surface area contributed by atoms with Crippen LogP contribution in [-0.4, -0.2) is 31.3 Å². The van der Waals surface area contributed by atoms with Crippen LogP contribution >= 0.6 is 27.7 Å². The minimum atomic E-state index is 0.108. The Bertz CT molecular complexity index is 387. The minimum absolute atomic E-state index is 0.108. The van der Waals surface area contributed by atoms with Gasteiger partial charge in [-0.15, -0.1) is 11.8 Å². The van der Waals surface area contributed by atoms with E-state index in [0.29, 0.717) is 19.0 Å². The molecule has 2 N–H and O–H groups in total. The number of hydrogen-bond donors (Lipinski definition) is 2. The number of nitrogens with one attached hydrogen (secondary N) is 2. The van der Waals surface area contributed by atoms with E-state index in [0.717, 1.165) is 10.2 Å². The zero-order valence-electron chi connectivity index (χ0n) is 10.7. The lowest BCUT2D eigenvalue weighted by Crippen LogP contribution is -2.37. The van der Waals surface area contributed by atoms with E-state index >= 15 is 0 Å². The standard InChI is InChI=1S/C13H19BrN2OS/c1-10(15-2)9-16-13(17)7-8-18-12-6-4-3-5-11(12)14/h3-6,10,15H,7-9H2,1-2H3,(H,16,17). The van der Waals surface area contributed by atoms with Gasteiger partial charge in [-0.05, 0) is 42.0 Å². The fourth-order valence-electron chi connectivity index (χ4n) is 1.27. The van der Waals surface area contributed by atoms with Crippen molar-refractivity contribution in [2.24, 2.45) is 0 Å². The maximum atomic E-state index is 11.6. The van der Waals surface area contributed by atoms with Crippen molar-refractivity contribution in [3.05, 3.63) is 28.7 Å². The molecule has 3 nitrogen and oxygen atoms in total. The van der Waals surface area contributed by atoms with Gasteiger partial charge in [-0.1, -0.05) is 12.1 Å². The molecule has 18 heavy (non-hydrogen) atoms. The van der Waals surface area contributed by atoms with Crippen LogP contribution in [0, 0.1) is 0 Å². The van der Waals surface area contributed by atoms with E-state index in [1.54, 1.807) is 11.8 Å². The average molecular weight is 331 g/mol. The van der Waals surface area contributed by atoms with Gasteiger partial charge in [0.1, 0.15) is 0 Å². The van der Waals surface area contributed by atoms with E-state index in [-0.39, 0.29) is 5.91 Å². The second-order valence-corrected chi connectivity index (χ2v) is 6.01. The lowest BCUT2D eigenvalue weighted by atomic mass is 10.3. The maximum absolute atomic E-state index is 11.6. The lowest BCUT2D eigenvalue weighted by Gasteiger charge is -2.11. The first-order valence-corrected chi connectivity index (χ1v) is 7.72. The molecule has 1 amide bonds. The number of likely N-dealkylation sites (N-methyl/N-ethyl adjacent to an activating group) is 1. The van der Waals surface area contributed by atoms with Crippen LogP contribution in [0.25, 0.3) is 0 Å². The number of benzene rings is 1. The molecule has 0 aliphatic carbocycles. The van der Waals surface area contributed by atoms with Crippen molar-refractivity contribution in [3.63, 3.8) is 0 Å². The van der Waals surface area contributed by atoms with Crippen molar-refractivity contribution in [3.8, 4) is 0 Å². The van der Waals surface area contributed by atoms with Crippen molar-refractivity contribution in [2.75, 3.05) is 19.3 Å². The molecular weight excluding hydrogens is 312 g/mol. The van der Waals surface area contributed by atoms with Gasteiger partial charge in [-0.3, -0.25) is 4.79 Å². The second kappa shape index (κ2) is 8.56. The molecule has 0 radical (unpaired) electrons. The monoisotopic (exact) mass is 330 g/mol. The van der Waals surface area contributed by atoms with E-state index in [1.807, 2.05) is 32.2 Å². The van der Waals surface area contributed by atoms with Crippen molar-refractivity contribution in [2.45, 2.75) is 24.3 Å². The summed E-state index contributed by atoms with van der Waals surface area (Å²) in [4.78, 5) is 12.7. The van der Waals surface area contributed by atoms with Crippen LogP contribution in [0.5, 0.6) is 0 Å². The lowest BCUT2D eigenvalue weighted by molar-refractivity contribution is -0.120. The molecule has 0 aromatic heterocycles. The Kier molecular flexibility index (Phi) is 7.39. The summed E-state index contributed by atoms with van der Waals surface area (Å²) >= 11 is 5.19. The van der Waals surface area contributed by atoms with Gasteiger partial charge in [0.15, 0.2) is 0 Å². The van der Waals surface area contributed by atoms with E-state index in [9.17, 15) is 4.79 Å². The quantitative estimate of drug-likeness (QED) is 0.755. The summed E-state index contributed by atoms with van der Waals surface area (Å²) in [6.45, 7) is 2.71. The topological polar surface area (TPSA) is 41.1 Å². The summed E-state index contributed by atoms with van der Waals surface area (Å²) in [6, 6.07) is 8.36. The molecule has 1 rings (SSSR count). The molecule has 1 aromatic carbocycles. The normalized spacial score (nSPS) is 12.2. The fraction of sp³-hybridized carbons (Fsp3) is 0.462. The molecule has 0 fully saturated rings. The van der Waals surface area contributed by atoms with Crippen molar-refractivity contribution in [1.29, 1.82) is 0 Å². The first kappa shape index (κ1) is 15.5. The number of halogens is 1. The van der Waals surface area contributed by atoms with Gasteiger partial charge >= 0.3 is 0 Å². The van der Waals surface area contributed by atoms with Crippen LogP contribution in [0.4, 0.5) is 0 Å². The average Bonchev–Trinajstić information content (AvgIpc) is 2.38. The van der Waals surface area contributed by atoms with Crippen LogP contribution in [0.2, 0.25) is 0 Å². The highest BCUT2D eigenvalue weighted by Gasteiger charge is 2.05. The van der Waals surface area contributed by atoms with Crippen molar-refractivity contribution in [1.82, 2.24) is 10.6 Å². The zero-order valence-corrected chi connectivity index (χ0v) is 13.1. The summed E-state index contributed by atoms with van der Waals surface area (Å²) in [5.74, 6) is 0.902. The van der Waals surface area contributed by atoms with Crippen LogP contribution in [0.3, 0.4) is 0 Å². The molecule has 0 bridgehead atoms. The molecule has 100 valence electrons. The molecule has 0 saturated heterocycles. The molecule has 1 atom stereocenters. The highest BCUT2D eigenvalue weighted by Crippen LogP contribution is 2.27. The summed E-state index contributed by atoms with van der Waals surface area (Å²) in [5, 5.41) is 5.99. The van der Waals surface area contributed by atoms with Crippen LogP contribution in [0.1, 0.15) is 13.3 Å². The van der Waals surface area contributed by atoms with Crippen LogP contribution in [0.15, 0.2) is 33.6 Å². The third-order valence-electron chi connectivity index (χ3n) is 2.52. The molecule has 0 aliphatic heterocycles. The van der Waals surface area contributed by atoms with Crippen molar-refractivity contribution >= 4 is 33.6 Å². The summed E-state index contributed by atoms with van der Waals surface area (Å²) in [6.07, 6.45) is 0.544. The number of carbonyl (C=O) groups is 1. The number of amides is 1. The molecule has 0 saturated carbocycles. The molecule has 0 heterocycles. The van der Waals surface area contributed by atoms with Crippen LogP contribution < -0.4 is 10.6 Å². The highest BCUT2D eigenvalue weighted by molar-refractivity contribution is 9.10. The Morgan fingerprint density at radius 2 is 2.17 bits per heavy atom. The summed E-state index contributed by atoms with van der Waals surface area (Å²) in [5.41, 5.74) is 0. The third-order valence-corrected chi connectivity index (χ3v) is 4.55. The Morgan fingerprint density at radius 1 is 1.44 bits per heavy atom. The number of carbonyl (C=O) groups excluding carboxylic acids is 1. The summed E-state index contributed by atoms with van der Waals surface area (Å²) in [7, 11) is 1.89. The highest BCUT2D eigenvalue weighted by atomic mass is 79.9. The zero-order chi connectivity index (χ0) is 13.4. The molecular formula is C13H19BrN2OS. The Morgan fingerprint density at radius 3 is 2.83 bits per heavy atom. The predicted molar refractivity (Wildman–Crippen MR) is 81.0 cm³/mol. The summed E-state index contributed by atoms with van der Waals surface area (Å²) < 4.78 is 1.08. The van der Waals surface area contributed by atoms with E-state index in [2.05, 4.69) is 32.6 Å². The molecule has 5 heteroatoms. The van der Waals surface area contributed by atoms with Gasteiger partial charge in [0.2, 0.25) is 5.91 Å². The molecule has 1 aromatic rings. The minimum Gasteiger partial charge on any atom is -0.355 e. The first-order valence-electron chi connectivity index (χ1n) is 5.94. The first-order chi connectivity index (χ1) is 8.63. The Hall–Kier alpha value is -0.520. The number of thioether (sulfide) groups is 1. The van der Waals surface area contributed by atoms with E-state index < -0.39 is 0 Å². The van der Waals surface area contributed by atoms with Gasteiger partial charge in [0.25, 0.3) is 0 Å². The SMILES string of the molecule is CNC(C)CNC(=O)CCSc1ccccc1Br. The van der Waals surface area contributed by atoms with E-state index in [4.69, 9.17) is 0 Å². The van der Waals surface area contributed by atoms with E-state index in [1.165, 1.54) is 4.90 Å². The van der Waals surface area contributed by atoms with Crippen molar-refractivity contribution < 1.29 is 4.79 Å². The predicted octanol–water partition coefficient (Wildman–Crippen LogP) is 2.66. The van der Waals surface area contributed by atoms with Gasteiger partial charge < -0.3 is 10.6 Å². The van der Waals surface area contributed by atoms with Gasteiger partial charge in [-0.2, -0.15) is 0 Å². The Labute approximate surface area is 121 Å².